The number of hydrogen-bond acceptors (Lipinski definition) is 2. The minimum Gasteiger partial charge on any atom is -0.288 e. The molecule has 0 atom stereocenters. The lowest BCUT2D eigenvalue weighted by Gasteiger charge is -2.21. The quantitative estimate of drug-likeness (QED) is 0.644. The van der Waals surface area contributed by atoms with Gasteiger partial charge in [-0.25, -0.2) is 0 Å². The third-order valence-corrected chi connectivity index (χ3v) is 2.02. The average molecular weight is 255 g/mol. The zero-order chi connectivity index (χ0) is 10.8. The van der Waals surface area contributed by atoms with Gasteiger partial charge in [-0.3, -0.25) is 10.3 Å². The Kier molecular flexibility index (Phi) is 3.90. The summed E-state index contributed by atoms with van der Waals surface area (Å²) in [6.07, 6.45) is 0. The second-order valence-electron chi connectivity index (χ2n) is 3.01. The first-order valence-corrected chi connectivity index (χ1v) is 5.12. The van der Waals surface area contributed by atoms with Crippen molar-refractivity contribution < 1.29 is 5.21 Å². The third-order valence-electron chi connectivity index (χ3n) is 1.66. The first kappa shape index (κ1) is 11.9. The molecular weight excluding hydrogens is 244 g/mol. The van der Waals surface area contributed by atoms with Gasteiger partial charge in [0.15, 0.2) is 0 Å². The van der Waals surface area contributed by atoms with Crippen LogP contribution >= 0.6 is 34.8 Å². The molecule has 1 aromatic rings. The van der Waals surface area contributed by atoms with Crippen LogP contribution < -0.4 is 5.06 Å². The molecule has 0 aromatic heterocycles. The number of hydroxylamine groups is 1. The number of alkyl halides is 3. The number of anilines is 1. The molecular formula is C9H10Cl3NO. The van der Waals surface area contributed by atoms with Crippen molar-refractivity contribution in [2.75, 3.05) is 11.6 Å². The van der Waals surface area contributed by atoms with Gasteiger partial charge < -0.3 is 0 Å². The number of benzene rings is 1. The van der Waals surface area contributed by atoms with Crippen molar-refractivity contribution in [3.05, 3.63) is 29.8 Å². The predicted molar refractivity (Wildman–Crippen MR) is 60.6 cm³/mol. The molecule has 78 valence electrons. The SMILES string of the molecule is Cc1ccc(N(O)CC(Cl)(Cl)Cl)cc1. The minimum atomic E-state index is -1.49. The Morgan fingerprint density at radius 1 is 1.21 bits per heavy atom. The van der Waals surface area contributed by atoms with Crippen molar-refractivity contribution in [2.24, 2.45) is 0 Å². The van der Waals surface area contributed by atoms with Gasteiger partial charge in [-0.1, -0.05) is 52.5 Å². The van der Waals surface area contributed by atoms with Crippen LogP contribution in [0.25, 0.3) is 0 Å². The van der Waals surface area contributed by atoms with Gasteiger partial charge in [0, 0.05) is 0 Å². The number of nitrogens with zero attached hydrogens (tertiary/aromatic N) is 1. The average Bonchev–Trinajstić information content (AvgIpc) is 2.02. The van der Waals surface area contributed by atoms with Crippen LogP contribution in [0.15, 0.2) is 24.3 Å². The molecule has 0 aliphatic rings. The standard InChI is InChI=1S/C9H10Cl3NO/c1-7-2-4-8(5-3-7)13(14)6-9(10,11)12/h2-5,14H,6H2,1H3. The third kappa shape index (κ3) is 3.93. The molecule has 0 saturated heterocycles. The second-order valence-corrected chi connectivity index (χ2v) is 5.52. The van der Waals surface area contributed by atoms with Crippen LogP contribution in [-0.2, 0) is 0 Å². The number of hydrogen-bond donors (Lipinski definition) is 1. The zero-order valence-electron chi connectivity index (χ0n) is 7.54. The maximum Gasteiger partial charge on any atom is 0.210 e. The van der Waals surface area contributed by atoms with E-state index in [0.29, 0.717) is 5.69 Å². The molecule has 0 aliphatic carbocycles. The fraction of sp³-hybridized carbons (Fsp3) is 0.333. The van der Waals surface area contributed by atoms with E-state index in [9.17, 15) is 5.21 Å². The zero-order valence-corrected chi connectivity index (χ0v) is 9.81. The molecule has 14 heavy (non-hydrogen) atoms. The fourth-order valence-corrected chi connectivity index (χ4v) is 1.32. The Bertz CT molecular complexity index is 294. The lowest BCUT2D eigenvalue weighted by atomic mass is 10.2. The van der Waals surface area contributed by atoms with E-state index in [-0.39, 0.29) is 6.54 Å². The summed E-state index contributed by atoms with van der Waals surface area (Å²) < 4.78 is -1.49. The van der Waals surface area contributed by atoms with E-state index < -0.39 is 3.79 Å². The van der Waals surface area contributed by atoms with Gasteiger partial charge in [0.1, 0.15) is 0 Å². The van der Waals surface area contributed by atoms with E-state index in [1.165, 1.54) is 0 Å². The highest BCUT2D eigenvalue weighted by Gasteiger charge is 2.23. The molecule has 0 aliphatic heterocycles. The smallest absolute Gasteiger partial charge is 0.210 e. The van der Waals surface area contributed by atoms with Crippen molar-refractivity contribution in [3.8, 4) is 0 Å². The summed E-state index contributed by atoms with van der Waals surface area (Å²) in [4.78, 5) is 0. The molecule has 2 nitrogen and oxygen atoms in total. The Labute approximate surface area is 97.9 Å². The van der Waals surface area contributed by atoms with E-state index in [1.54, 1.807) is 12.1 Å². The van der Waals surface area contributed by atoms with Crippen LogP contribution in [0, 0.1) is 6.92 Å². The van der Waals surface area contributed by atoms with Crippen LogP contribution in [-0.4, -0.2) is 15.5 Å². The highest BCUT2D eigenvalue weighted by atomic mass is 35.6. The summed E-state index contributed by atoms with van der Waals surface area (Å²) in [5.41, 5.74) is 1.71. The molecule has 0 saturated carbocycles. The molecule has 0 heterocycles. The number of aryl methyl sites for hydroxylation is 1. The topological polar surface area (TPSA) is 23.5 Å². The van der Waals surface area contributed by atoms with Gasteiger partial charge in [-0.15, -0.1) is 0 Å². The largest absolute Gasteiger partial charge is 0.288 e. The summed E-state index contributed by atoms with van der Waals surface area (Å²) in [6.45, 7) is 1.89. The first-order chi connectivity index (χ1) is 6.38. The number of rotatable bonds is 2. The predicted octanol–water partition coefficient (Wildman–Crippen LogP) is 3.56. The Morgan fingerprint density at radius 3 is 2.14 bits per heavy atom. The highest BCUT2D eigenvalue weighted by molar-refractivity contribution is 6.67. The lowest BCUT2D eigenvalue weighted by molar-refractivity contribution is 0.256. The van der Waals surface area contributed by atoms with Crippen molar-refractivity contribution in [1.82, 2.24) is 0 Å². The summed E-state index contributed by atoms with van der Waals surface area (Å²) >= 11 is 16.6. The van der Waals surface area contributed by atoms with E-state index in [1.807, 2.05) is 19.1 Å². The summed E-state index contributed by atoms with van der Waals surface area (Å²) in [7, 11) is 0. The van der Waals surface area contributed by atoms with E-state index in [0.717, 1.165) is 10.6 Å². The monoisotopic (exact) mass is 253 g/mol. The van der Waals surface area contributed by atoms with Crippen LogP contribution in [0.4, 0.5) is 5.69 Å². The van der Waals surface area contributed by atoms with Gasteiger partial charge in [0.05, 0.1) is 12.2 Å². The summed E-state index contributed by atoms with van der Waals surface area (Å²) in [6, 6.07) is 7.26. The Balaban J connectivity index is 2.70. The van der Waals surface area contributed by atoms with E-state index >= 15 is 0 Å². The van der Waals surface area contributed by atoms with Crippen molar-refractivity contribution in [3.63, 3.8) is 0 Å². The van der Waals surface area contributed by atoms with Crippen molar-refractivity contribution >= 4 is 40.5 Å². The van der Waals surface area contributed by atoms with Gasteiger partial charge >= 0.3 is 0 Å². The van der Waals surface area contributed by atoms with Crippen LogP contribution in [0.5, 0.6) is 0 Å². The van der Waals surface area contributed by atoms with Crippen LogP contribution in [0.2, 0.25) is 0 Å². The maximum atomic E-state index is 9.53. The summed E-state index contributed by atoms with van der Waals surface area (Å²) in [5.74, 6) is 0. The van der Waals surface area contributed by atoms with Gasteiger partial charge in [-0.2, -0.15) is 0 Å². The number of halogens is 3. The Morgan fingerprint density at radius 2 is 1.71 bits per heavy atom. The Hall–Kier alpha value is -0.150. The van der Waals surface area contributed by atoms with Crippen molar-refractivity contribution in [2.45, 2.75) is 10.7 Å². The van der Waals surface area contributed by atoms with E-state index in [2.05, 4.69) is 0 Å². The van der Waals surface area contributed by atoms with Crippen molar-refractivity contribution in [1.29, 1.82) is 0 Å². The van der Waals surface area contributed by atoms with Crippen LogP contribution in [0.3, 0.4) is 0 Å². The van der Waals surface area contributed by atoms with E-state index in [4.69, 9.17) is 34.8 Å². The minimum absolute atomic E-state index is 0.0687. The van der Waals surface area contributed by atoms with Gasteiger partial charge in [-0.05, 0) is 19.1 Å². The molecule has 1 N–H and O–H groups in total. The highest BCUT2D eigenvalue weighted by Crippen LogP contribution is 2.28. The molecule has 1 aromatic carbocycles. The fourth-order valence-electron chi connectivity index (χ4n) is 0.978. The van der Waals surface area contributed by atoms with Gasteiger partial charge in [0.2, 0.25) is 3.79 Å². The van der Waals surface area contributed by atoms with Gasteiger partial charge in [0.25, 0.3) is 0 Å². The molecule has 5 heteroatoms. The molecule has 0 fully saturated rings. The molecule has 0 bridgehead atoms. The summed E-state index contributed by atoms with van der Waals surface area (Å²) in [5, 5.41) is 10.4. The second kappa shape index (κ2) is 4.58. The molecule has 0 radical (unpaired) electrons. The molecule has 0 spiro atoms. The van der Waals surface area contributed by atoms with Crippen LogP contribution in [0.1, 0.15) is 5.56 Å². The maximum absolute atomic E-state index is 9.53. The lowest BCUT2D eigenvalue weighted by Crippen LogP contribution is -2.29. The molecule has 1 rings (SSSR count). The molecule has 0 amide bonds. The molecule has 0 unspecified atom stereocenters. The first-order valence-electron chi connectivity index (χ1n) is 3.98. The normalized spacial score (nSPS) is 11.5.